The maximum Gasteiger partial charge on any atom is 0.338 e. The Morgan fingerprint density at radius 1 is 1.04 bits per heavy atom. The standard InChI is InChI=1S/C19H22N4O5/c20-11-10-16(24)21-15-8-6-13(7-9-15)18(26)28-12-17(25)23-19(27)22-14-4-2-1-3-5-14/h6-9,14H,1-5,10,12H2,(H,21,24)(H2,22,23,25,27). The lowest BCUT2D eigenvalue weighted by Gasteiger charge is -2.22. The molecule has 3 N–H and O–H groups in total. The van der Waals surface area contributed by atoms with Gasteiger partial charge in [0.25, 0.3) is 5.91 Å². The zero-order chi connectivity index (χ0) is 20.4. The summed E-state index contributed by atoms with van der Waals surface area (Å²) in [7, 11) is 0. The number of amides is 4. The predicted octanol–water partition coefficient (Wildman–Crippen LogP) is 1.85. The van der Waals surface area contributed by atoms with Crippen LogP contribution in [0.2, 0.25) is 0 Å². The van der Waals surface area contributed by atoms with Crippen molar-refractivity contribution >= 4 is 29.5 Å². The van der Waals surface area contributed by atoms with Crippen LogP contribution in [0.25, 0.3) is 0 Å². The Hall–Kier alpha value is -3.41. The molecule has 9 nitrogen and oxygen atoms in total. The van der Waals surface area contributed by atoms with Crippen molar-refractivity contribution in [1.29, 1.82) is 5.26 Å². The molecular formula is C19H22N4O5. The van der Waals surface area contributed by atoms with Gasteiger partial charge in [0.2, 0.25) is 5.91 Å². The molecule has 0 atom stereocenters. The summed E-state index contributed by atoms with van der Waals surface area (Å²) in [6, 6.07) is 6.98. The van der Waals surface area contributed by atoms with Gasteiger partial charge in [-0.2, -0.15) is 5.26 Å². The van der Waals surface area contributed by atoms with E-state index in [0.717, 1.165) is 32.1 Å². The van der Waals surface area contributed by atoms with Crippen LogP contribution in [0.15, 0.2) is 24.3 Å². The van der Waals surface area contributed by atoms with Gasteiger partial charge in [0.1, 0.15) is 6.42 Å². The first kappa shape index (κ1) is 20.9. The lowest BCUT2D eigenvalue weighted by molar-refractivity contribution is -0.123. The molecule has 2 rings (SSSR count). The molecular weight excluding hydrogens is 364 g/mol. The lowest BCUT2D eigenvalue weighted by Crippen LogP contribution is -2.46. The van der Waals surface area contributed by atoms with Gasteiger partial charge in [0, 0.05) is 11.7 Å². The van der Waals surface area contributed by atoms with Crippen LogP contribution in [0.5, 0.6) is 0 Å². The van der Waals surface area contributed by atoms with E-state index in [1.54, 1.807) is 6.07 Å². The fourth-order valence-electron chi connectivity index (χ4n) is 2.81. The quantitative estimate of drug-likeness (QED) is 0.638. The van der Waals surface area contributed by atoms with Crippen LogP contribution in [0, 0.1) is 11.3 Å². The second-order valence-corrected chi connectivity index (χ2v) is 6.39. The number of imide groups is 1. The van der Waals surface area contributed by atoms with Gasteiger partial charge in [-0.1, -0.05) is 19.3 Å². The number of hydrogen-bond donors (Lipinski definition) is 3. The van der Waals surface area contributed by atoms with Gasteiger partial charge in [-0.3, -0.25) is 14.9 Å². The van der Waals surface area contributed by atoms with E-state index in [1.807, 2.05) is 0 Å². The van der Waals surface area contributed by atoms with Gasteiger partial charge >= 0.3 is 12.0 Å². The zero-order valence-electron chi connectivity index (χ0n) is 15.3. The van der Waals surface area contributed by atoms with Crippen molar-refractivity contribution in [1.82, 2.24) is 10.6 Å². The third-order valence-corrected chi connectivity index (χ3v) is 4.17. The first-order chi connectivity index (χ1) is 13.5. The number of hydrogen-bond acceptors (Lipinski definition) is 6. The average molecular weight is 386 g/mol. The summed E-state index contributed by atoms with van der Waals surface area (Å²) in [5.41, 5.74) is 0.603. The Kier molecular flexibility index (Phi) is 7.96. The fourth-order valence-corrected chi connectivity index (χ4v) is 2.81. The third-order valence-electron chi connectivity index (χ3n) is 4.17. The summed E-state index contributed by atoms with van der Waals surface area (Å²) >= 11 is 0. The first-order valence-electron chi connectivity index (χ1n) is 9.02. The molecule has 0 unspecified atom stereocenters. The molecule has 148 valence electrons. The highest BCUT2D eigenvalue weighted by atomic mass is 16.5. The number of carbonyl (C=O) groups is 4. The van der Waals surface area contributed by atoms with Crippen LogP contribution in [0.3, 0.4) is 0 Å². The highest BCUT2D eigenvalue weighted by molar-refractivity contribution is 5.97. The molecule has 0 heterocycles. The number of carbonyl (C=O) groups excluding carboxylic acids is 4. The number of anilines is 1. The van der Waals surface area contributed by atoms with Crippen molar-refractivity contribution in [2.45, 2.75) is 44.6 Å². The molecule has 1 saturated carbocycles. The van der Waals surface area contributed by atoms with Gasteiger partial charge < -0.3 is 15.4 Å². The molecule has 0 radical (unpaired) electrons. The Bertz CT molecular complexity index is 764. The molecule has 4 amide bonds. The summed E-state index contributed by atoms with van der Waals surface area (Å²) in [5, 5.41) is 15.8. The highest BCUT2D eigenvalue weighted by Gasteiger charge is 2.18. The van der Waals surface area contributed by atoms with Crippen LogP contribution in [-0.2, 0) is 14.3 Å². The van der Waals surface area contributed by atoms with Crippen LogP contribution in [0.1, 0.15) is 48.9 Å². The first-order valence-corrected chi connectivity index (χ1v) is 9.02. The molecule has 0 saturated heterocycles. The van der Waals surface area contributed by atoms with Crippen molar-refractivity contribution in [3.63, 3.8) is 0 Å². The maximum absolute atomic E-state index is 12.0. The van der Waals surface area contributed by atoms with E-state index < -0.39 is 30.4 Å². The smallest absolute Gasteiger partial charge is 0.338 e. The minimum absolute atomic E-state index is 0.0660. The van der Waals surface area contributed by atoms with E-state index in [2.05, 4.69) is 16.0 Å². The number of ether oxygens (including phenoxy) is 1. The second kappa shape index (κ2) is 10.7. The lowest BCUT2D eigenvalue weighted by atomic mass is 9.96. The summed E-state index contributed by atoms with van der Waals surface area (Å²) in [4.78, 5) is 46.8. The van der Waals surface area contributed by atoms with E-state index in [0.29, 0.717) is 5.69 Å². The van der Waals surface area contributed by atoms with Gasteiger partial charge in [-0.25, -0.2) is 9.59 Å². The minimum atomic E-state index is -0.738. The molecule has 1 fully saturated rings. The third kappa shape index (κ3) is 7.07. The van der Waals surface area contributed by atoms with Crippen molar-refractivity contribution in [2.75, 3.05) is 11.9 Å². The Labute approximate surface area is 162 Å². The van der Waals surface area contributed by atoms with Crippen molar-refractivity contribution in [3.05, 3.63) is 29.8 Å². The molecule has 0 aromatic heterocycles. The Morgan fingerprint density at radius 3 is 2.36 bits per heavy atom. The highest BCUT2D eigenvalue weighted by Crippen LogP contribution is 2.17. The predicted molar refractivity (Wildman–Crippen MR) is 99.1 cm³/mol. The summed E-state index contributed by atoms with van der Waals surface area (Å²) < 4.78 is 4.88. The molecule has 0 aliphatic heterocycles. The van der Waals surface area contributed by atoms with E-state index in [4.69, 9.17) is 10.00 Å². The number of nitrogens with zero attached hydrogens (tertiary/aromatic N) is 1. The minimum Gasteiger partial charge on any atom is -0.452 e. The normalized spacial score (nSPS) is 13.7. The number of nitrogens with one attached hydrogen (secondary N) is 3. The number of nitriles is 1. The number of benzene rings is 1. The fraction of sp³-hybridized carbons (Fsp3) is 0.421. The summed E-state index contributed by atoms with van der Waals surface area (Å²) in [6.45, 7) is -0.586. The molecule has 0 spiro atoms. The van der Waals surface area contributed by atoms with E-state index in [1.165, 1.54) is 24.3 Å². The van der Waals surface area contributed by atoms with Gasteiger partial charge in [0.15, 0.2) is 6.61 Å². The maximum atomic E-state index is 12.0. The van der Waals surface area contributed by atoms with Crippen molar-refractivity contribution in [2.24, 2.45) is 0 Å². The Morgan fingerprint density at radius 2 is 1.71 bits per heavy atom. The number of esters is 1. The second-order valence-electron chi connectivity index (χ2n) is 6.39. The Balaban J connectivity index is 1.73. The SMILES string of the molecule is N#CCC(=O)Nc1ccc(C(=O)OCC(=O)NC(=O)NC2CCCCC2)cc1. The summed E-state index contributed by atoms with van der Waals surface area (Å²) in [6.07, 6.45) is 4.77. The molecule has 9 heteroatoms. The van der Waals surface area contributed by atoms with E-state index in [9.17, 15) is 19.2 Å². The van der Waals surface area contributed by atoms with Gasteiger partial charge in [0.05, 0.1) is 11.6 Å². The summed E-state index contributed by atoms with van der Waals surface area (Å²) in [5.74, 6) is -1.92. The van der Waals surface area contributed by atoms with Crippen molar-refractivity contribution < 1.29 is 23.9 Å². The van der Waals surface area contributed by atoms with E-state index in [-0.39, 0.29) is 18.0 Å². The van der Waals surface area contributed by atoms with Crippen LogP contribution in [0.4, 0.5) is 10.5 Å². The molecule has 0 bridgehead atoms. The van der Waals surface area contributed by atoms with Gasteiger partial charge in [-0.15, -0.1) is 0 Å². The monoisotopic (exact) mass is 386 g/mol. The van der Waals surface area contributed by atoms with Gasteiger partial charge in [-0.05, 0) is 37.1 Å². The largest absolute Gasteiger partial charge is 0.452 e. The molecule has 1 aliphatic rings. The topological polar surface area (TPSA) is 137 Å². The number of urea groups is 1. The average Bonchev–Trinajstić information content (AvgIpc) is 2.67. The number of rotatable bonds is 6. The molecule has 1 aromatic carbocycles. The molecule has 1 aromatic rings. The molecule has 28 heavy (non-hydrogen) atoms. The van der Waals surface area contributed by atoms with E-state index >= 15 is 0 Å². The van der Waals surface area contributed by atoms with Crippen molar-refractivity contribution in [3.8, 4) is 6.07 Å². The van der Waals surface area contributed by atoms with Crippen LogP contribution >= 0.6 is 0 Å². The van der Waals surface area contributed by atoms with Crippen LogP contribution in [-0.4, -0.2) is 36.5 Å². The molecule has 1 aliphatic carbocycles. The zero-order valence-corrected chi connectivity index (χ0v) is 15.3. The van der Waals surface area contributed by atoms with Crippen LogP contribution < -0.4 is 16.0 Å².